The third-order valence-corrected chi connectivity index (χ3v) is 4.75. The van der Waals surface area contributed by atoms with Gasteiger partial charge in [-0.25, -0.2) is 23.7 Å². The van der Waals surface area contributed by atoms with Crippen molar-refractivity contribution in [3.63, 3.8) is 0 Å². The molecule has 29 heavy (non-hydrogen) atoms. The highest BCUT2D eigenvalue weighted by Crippen LogP contribution is 2.30. The standard InChI is InChI=1S/C19H18F2N8/c20-19(21)11-28(5-4-16(19)23)14-2-1-3-15(6-14)29-10-18(26-12-29)27-17-9-24-13(7-22)8-25-17/h1-3,6,8-10,12,16H,4-5,11,23H2,(H,25,27). The summed E-state index contributed by atoms with van der Waals surface area (Å²) in [6.45, 7) is 0.0834. The van der Waals surface area contributed by atoms with Crippen molar-refractivity contribution in [1.82, 2.24) is 19.5 Å². The molecular weight excluding hydrogens is 378 g/mol. The molecular formula is C19H18F2N8. The first kappa shape index (κ1) is 18.8. The average Bonchev–Trinajstić information content (AvgIpc) is 3.19. The molecule has 4 rings (SSSR count). The second-order valence-electron chi connectivity index (χ2n) is 6.79. The molecule has 3 heterocycles. The van der Waals surface area contributed by atoms with E-state index in [1.54, 1.807) is 28.1 Å². The van der Waals surface area contributed by atoms with Crippen LogP contribution in [0.4, 0.5) is 26.1 Å². The Morgan fingerprint density at radius 3 is 2.72 bits per heavy atom. The molecule has 2 aromatic heterocycles. The number of hydrogen-bond acceptors (Lipinski definition) is 7. The van der Waals surface area contributed by atoms with E-state index in [2.05, 4.69) is 20.3 Å². The Bertz CT molecular complexity index is 1040. The van der Waals surface area contributed by atoms with E-state index >= 15 is 0 Å². The molecule has 1 aromatic carbocycles. The highest BCUT2D eigenvalue weighted by Gasteiger charge is 2.42. The molecule has 3 N–H and O–H groups in total. The van der Waals surface area contributed by atoms with E-state index < -0.39 is 18.5 Å². The number of nitriles is 1. The normalized spacial score (nSPS) is 18.3. The fourth-order valence-corrected chi connectivity index (χ4v) is 3.14. The van der Waals surface area contributed by atoms with Crippen molar-refractivity contribution in [3.8, 4) is 11.8 Å². The highest BCUT2D eigenvalue weighted by molar-refractivity contribution is 5.56. The summed E-state index contributed by atoms with van der Waals surface area (Å²) in [5.41, 5.74) is 7.25. The Morgan fingerprint density at radius 1 is 1.17 bits per heavy atom. The number of anilines is 3. The molecule has 3 aromatic rings. The maximum Gasteiger partial charge on any atom is 0.280 e. The Hall–Kier alpha value is -3.58. The lowest BCUT2D eigenvalue weighted by molar-refractivity contribution is -0.0299. The van der Waals surface area contributed by atoms with E-state index in [9.17, 15) is 8.78 Å². The number of imidazole rings is 1. The van der Waals surface area contributed by atoms with Gasteiger partial charge in [-0.3, -0.25) is 0 Å². The summed E-state index contributed by atoms with van der Waals surface area (Å²) < 4.78 is 29.8. The first-order chi connectivity index (χ1) is 13.9. The predicted octanol–water partition coefficient (Wildman–Crippen LogP) is 2.45. The van der Waals surface area contributed by atoms with Crippen LogP contribution in [-0.2, 0) is 0 Å². The Morgan fingerprint density at radius 2 is 2.00 bits per heavy atom. The molecule has 8 nitrogen and oxygen atoms in total. The molecule has 1 aliphatic rings. The SMILES string of the molecule is N#Cc1cnc(Nc2cn(-c3cccc(N4CCC(N)C(F)(F)C4)c3)cn2)cn1. The first-order valence-corrected chi connectivity index (χ1v) is 8.96. The van der Waals surface area contributed by atoms with Crippen LogP contribution in [-0.4, -0.2) is 44.6 Å². The lowest BCUT2D eigenvalue weighted by atomic mass is 10.0. The summed E-state index contributed by atoms with van der Waals surface area (Å²) in [5.74, 6) is -1.93. The Labute approximate surface area is 165 Å². The number of rotatable bonds is 4. The number of halogens is 2. The van der Waals surface area contributed by atoms with E-state index in [1.807, 2.05) is 24.3 Å². The second-order valence-corrected chi connectivity index (χ2v) is 6.79. The molecule has 1 atom stereocenters. The van der Waals surface area contributed by atoms with Crippen molar-refractivity contribution in [2.45, 2.75) is 18.4 Å². The lowest BCUT2D eigenvalue weighted by Gasteiger charge is -2.38. The zero-order chi connectivity index (χ0) is 20.4. The zero-order valence-electron chi connectivity index (χ0n) is 15.3. The number of nitrogens with one attached hydrogen (secondary N) is 1. The van der Waals surface area contributed by atoms with Gasteiger partial charge in [-0.15, -0.1) is 0 Å². The summed E-state index contributed by atoms with van der Waals surface area (Å²) in [4.78, 5) is 14.0. The second kappa shape index (κ2) is 7.44. The minimum absolute atomic E-state index is 0.224. The van der Waals surface area contributed by atoms with Crippen LogP contribution < -0.4 is 16.0 Å². The van der Waals surface area contributed by atoms with Crippen molar-refractivity contribution in [3.05, 3.63) is 54.9 Å². The molecule has 0 radical (unpaired) electrons. The zero-order valence-corrected chi connectivity index (χ0v) is 15.3. The maximum absolute atomic E-state index is 14.0. The van der Waals surface area contributed by atoms with Gasteiger partial charge in [0, 0.05) is 17.9 Å². The van der Waals surface area contributed by atoms with Gasteiger partial charge in [0.2, 0.25) is 0 Å². The molecule has 0 bridgehead atoms. The third-order valence-electron chi connectivity index (χ3n) is 4.75. The van der Waals surface area contributed by atoms with E-state index in [0.717, 1.165) is 5.69 Å². The molecule has 0 aliphatic carbocycles. The van der Waals surface area contributed by atoms with Crippen molar-refractivity contribution in [1.29, 1.82) is 5.26 Å². The van der Waals surface area contributed by atoms with Crippen molar-refractivity contribution >= 4 is 17.3 Å². The van der Waals surface area contributed by atoms with Crippen LogP contribution in [0.15, 0.2) is 49.2 Å². The highest BCUT2D eigenvalue weighted by atomic mass is 19.3. The Kier molecular flexibility index (Phi) is 4.82. The van der Waals surface area contributed by atoms with Gasteiger partial charge >= 0.3 is 0 Å². The van der Waals surface area contributed by atoms with Gasteiger partial charge in [-0.05, 0) is 24.6 Å². The number of nitrogens with two attached hydrogens (primary N) is 1. The van der Waals surface area contributed by atoms with Crippen LogP contribution >= 0.6 is 0 Å². The molecule has 1 aliphatic heterocycles. The van der Waals surface area contributed by atoms with Gasteiger partial charge in [0.25, 0.3) is 5.92 Å². The molecule has 0 saturated carbocycles. The average molecular weight is 396 g/mol. The molecule has 1 fully saturated rings. The van der Waals surface area contributed by atoms with Gasteiger partial charge in [-0.2, -0.15) is 5.26 Å². The van der Waals surface area contributed by atoms with Crippen molar-refractivity contribution in [2.24, 2.45) is 5.73 Å². The molecule has 0 amide bonds. The van der Waals surface area contributed by atoms with Gasteiger partial charge in [-0.1, -0.05) is 6.07 Å². The first-order valence-electron chi connectivity index (χ1n) is 8.96. The molecule has 1 unspecified atom stereocenters. The quantitative estimate of drug-likeness (QED) is 0.697. The molecule has 148 valence electrons. The van der Waals surface area contributed by atoms with Crippen LogP contribution in [0.2, 0.25) is 0 Å². The van der Waals surface area contributed by atoms with Crippen LogP contribution in [0.5, 0.6) is 0 Å². The van der Waals surface area contributed by atoms with Gasteiger partial charge in [0.05, 0.1) is 31.2 Å². The van der Waals surface area contributed by atoms with E-state index in [1.165, 1.54) is 12.4 Å². The topological polar surface area (TPSA) is 109 Å². The van der Waals surface area contributed by atoms with Crippen molar-refractivity contribution < 1.29 is 8.78 Å². The summed E-state index contributed by atoms with van der Waals surface area (Å²) in [6, 6.07) is 8.12. The minimum Gasteiger partial charge on any atom is -0.365 e. The minimum atomic E-state index is -2.91. The molecule has 1 saturated heterocycles. The fourth-order valence-electron chi connectivity index (χ4n) is 3.14. The summed E-state index contributed by atoms with van der Waals surface area (Å²) in [7, 11) is 0. The van der Waals surface area contributed by atoms with E-state index in [0.29, 0.717) is 23.9 Å². The number of piperidine rings is 1. The number of alkyl halides is 2. The summed E-state index contributed by atoms with van der Waals surface area (Å²) >= 11 is 0. The van der Waals surface area contributed by atoms with Gasteiger partial charge in [0.15, 0.2) is 5.69 Å². The van der Waals surface area contributed by atoms with E-state index in [4.69, 9.17) is 11.0 Å². The van der Waals surface area contributed by atoms with Crippen molar-refractivity contribution in [2.75, 3.05) is 23.3 Å². The van der Waals surface area contributed by atoms with Gasteiger partial charge < -0.3 is 20.5 Å². The monoisotopic (exact) mass is 396 g/mol. The lowest BCUT2D eigenvalue weighted by Crippen LogP contribution is -2.55. The van der Waals surface area contributed by atoms with E-state index in [-0.39, 0.29) is 12.1 Å². The number of benzene rings is 1. The number of hydrogen-bond donors (Lipinski definition) is 2. The predicted molar refractivity (Wildman–Crippen MR) is 103 cm³/mol. The molecule has 0 spiro atoms. The molecule has 10 heteroatoms. The third kappa shape index (κ3) is 4.00. The summed E-state index contributed by atoms with van der Waals surface area (Å²) in [5, 5.41) is 11.8. The van der Waals surface area contributed by atoms with Crippen LogP contribution in [0, 0.1) is 11.3 Å². The summed E-state index contributed by atoms with van der Waals surface area (Å²) in [6.07, 6.45) is 6.41. The Balaban J connectivity index is 1.51. The van der Waals surface area contributed by atoms with Crippen LogP contribution in [0.25, 0.3) is 5.69 Å². The van der Waals surface area contributed by atoms with Crippen LogP contribution in [0.1, 0.15) is 12.1 Å². The fraction of sp³-hybridized carbons (Fsp3) is 0.263. The number of aromatic nitrogens is 4. The number of nitrogens with zero attached hydrogens (tertiary/aromatic N) is 6. The van der Waals surface area contributed by atoms with Gasteiger partial charge in [0.1, 0.15) is 24.0 Å². The largest absolute Gasteiger partial charge is 0.365 e. The maximum atomic E-state index is 14.0. The smallest absolute Gasteiger partial charge is 0.280 e. The van der Waals surface area contributed by atoms with Crippen LogP contribution in [0.3, 0.4) is 0 Å².